The predicted octanol–water partition coefficient (Wildman–Crippen LogP) is 2.39. The average Bonchev–Trinajstić information content (AvgIpc) is 2.28. The van der Waals surface area contributed by atoms with E-state index in [0.717, 1.165) is 18.2 Å². The highest BCUT2D eigenvalue weighted by Gasteiger charge is 2.07. The standard InChI is InChI=1S/C11H10F2N4/c1-6-5-15-11(14)17-10(6)16-9-4-7(12)2-3-8(9)13/h2-5H,1H3,(H3,14,15,16,17). The number of halogens is 2. The van der Waals surface area contributed by atoms with Gasteiger partial charge in [-0.15, -0.1) is 0 Å². The molecule has 0 bridgehead atoms. The first-order valence-electron chi connectivity index (χ1n) is 4.87. The zero-order chi connectivity index (χ0) is 12.4. The van der Waals surface area contributed by atoms with Gasteiger partial charge in [-0.3, -0.25) is 0 Å². The lowest BCUT2D eigenvalue weighted by molar-refractivity contribution is 0.603. The number of nitrogens with two attached hydrogens (primary N) is 1. The Morgan fingerprint density at radius 3 is 2.82 bits per heavy atom. The van der Waals surface area contributed by atoms with Crippen LogP contribution < -0.4 is 11.1 Å². The maximum Gasteiger partial charge on any atom is 0.221 e. The molecule has 0 fully saturated rings. The lowest BCUT2D eigenvalue weighted by atomic mass is 10.2. The molecule has 2 rings (SSSR count). The van der Waals surface area contributed by atoms with Gasteiger partial charge in [0.1, 0.15) is 17.5 Å². The fourth-order valence-electron chi connectivity index (χ4n) is 1.30. The molecule has 88 valence electrons. The Hall–Kier alpha value is -2.24. The molecule has 1 aromatic heterocycles. The van der Waals surface area contributed by atoms with Crippen LogP contribution in [0.3, 0.4) is 0 Å². The van der Waals surface area contributed by atoms with Crippen LogP contribution in [0, 0.1) is 18.6 Å². The molecule has 2 aromatic rings. The molecule has 0 saturated carbocycles. The zero-order valence-corrected chi connectivity index (χ0v) is 9.04. The molecule has 0 aliphatic heterocycles. The van der Waals surface area contributed by atoms with Crippen molar-refractivity contribution in [1.82, 2.24) is 9.97 Å². The summed E-state index contributed by atoms with van der Waals surface area (Å²) in [6.45, 7) is 1.74. The molecule has 0 aliphatic rings. The fraction of sp³-hybridized carbons (Fsp3) is 0.0909. The third-order valence-electron chi connectivity index (χ3n) is 2.17. The Labute approximate surface area is 96.5 Å². The van der Waals surface area contributed by atoms with Crippen molar-refractivity contribution in [3.05, 3.63) is 41.6 Å². The summed E-state index contributed by atoms with van der Waals surface area (Å²) in [4.78, 5) is 7.69. The molecule has 0 saturated heterocycles. The first kappa shape index (κ1) is 11.3. The minimum absolute atomic E-state index is 0.00574. The van der Waals surface area contributed by atoms with E-state index in [1.165, 1.54) is 6.20 Å². The van der Waals surface area contributed by atoms with Crippen LogP contribution in [-0.4, -0.2) is 9.97 Å². The smallest absolute Gasteiger partial charge is 0.221 e. The summed E-state index contributed by atoms with van der Waals surface area (Å²) >= 11 is 0. The average molecular weight is 236 g/mol. The largest absolute Gasteiger partial charge is 0.368 e. The van der Waals surface area contributed by atoms with Gasteiger partial charge in [-0.05, 0) is 19.1 Å². The third kappa shape index (κ3) is 2.47. The van der Waals surface area contributed by atoms with Crippen LogP contribution in [0.4, 0.5) is 26.2 Å². The number of aryl methyl sites for hydroxylation is 1. The van der Waals surface area contributed by atoms with Gasteiger partial charge in [0.25, 0.3) is 0 Å². The van der Waals surface area contributed by atoms with Gasteiger partial charge in [0.05, 0.1) is 5.69 Å². The minimum atomic E-state index is -0.567. The van der Waals surface area contributed by atoms with Crippen LogP contribution in [0.15, 0.2) is 24.4 Å². The summed E-state index contributed by atoms with van der Waals surface area (Å²) in [6.07, 6.45) is 1.50. The van der Waals surface area contributed by atoms with E-state index in [9.17, 15) is 8.78 Å². The van der Waals surface area contributed by atoms with Crippen LogP contribution in [0.25, 0.3) is 0 Å². The highest BCUT2D eigenvalue weighted by Crippen LogP contribution is 2.21. The highest BCUT2D eigenvalue weighted by molar-refractivity contribution is 5.60. The molecule has 6 heteroatoms. The molecule has 0 radical (unpaired) electrons. The van der Waals surface area contributed by atoms with Crippen molar-refractivity contribution in [3.8, 4) is 0 Å². The molecular weight excluding hydrogens is 226 g/mol. The van der Waals surface area contributed by atoms with Gasteiger partial charge in [-0.25, -0.2) is 13.8 Å². The Bertz CT molecular complexity index is 508. The maximum atomic E-state index is 13.4. The number of anilines is 3. The molecule has 0 aliphatic carbocycles. The predicted molar refractivity (Wildman–Crippen MR) is 60.8 cm³/mol. The van der Waals surface area contributed by atoms with Crippen molar-refractivity contribution >= 4 is 17.5 Å². The van der Waals surface area contributed by atoms with Crippen LogP contribution in [0.5, 0.6) is 0 Å². The van der Waals surface area contributed by atoms with Crippen LogP contribution in [0.2, 0.25) is 0 Å². The van der Waals surface area contributed by atoms with Crippen LogP contribution in [-0.2, 0) is 0 Å². The summed E-state index contributed by atoms with van der Waals surface area (Å²) in [6, 6.07) is 3.13. The molecule has 0 spiro atoms. The van der Waals surface area contributed by atoms with E-state index in [2.05, 4.69) is 15.3 Å². The second kappa shape index (κ2) is 4.32. The van der Waals surface area contributed by atoms with Crippen LogP contribution in [0.1, 0.15) is 5.56 Å². The van der Waals surface area contributed by atoms with Crippen molar-refractivity contribution in [3.63, 3.8) is 0 Å². The van der Waals surface area contributed by atoms with Crippen molar-refractivity contribution in [1.29, 1.82) is 0 Å². The number of aromatic nitrogens is 2. The molecule has 0 amide bonds. The molecule has 1 heterocycles. The van der Waals surface area contributed by atoms with Gasteiger partial charge in [-0.1, -0.05) is 0 Å². The quantitative estimate of drug-likeness (QED) is 0.840. The molecule has 0 atom stereocenters. The van der Waals surface area contributed by atoms with E-state index in [1.54, 1.807) is 6.92 Å². The third-order valence-corrected chi connectivity index (χ3v) is 2.17. The van der Waals surface area contributed by atoms with Gasteiger partial charge in [-0.2, -0.15) is 4.98 Å². The first-order chi connectivity index (χ1) is 8.06. The summed E-state index contributed by atoms with van der Waals surface area (Å²) in [5.41, 5.74) is 6.11. The number of nitrogens with zero attached hydrogens (tertiary/aromatic N) is 2. The van der Waals surface area contributed by atoms with Gasteiger partial charge in [0.2, 0.25) is 5.95 Å². The van der Waals surface area contributed by atoms with E-state index in [4.69, 9.17) is 5.73 Å². The van der Waals surface area contributed by atoms with Gasteiger partial charge in [0.15, 0.2) is 0 Å². The molecule has 1 aromatic carbocycles. The molecule has 0 unspecified atom stereocenters. The monoisotopic (exact) mass is 236 g/mol. The number of nitrogens with one attached hydrogen (secondary N) is 1. The number of rotatable bonds is 2. The summed E-state index contributed by atoms with van der Waals surface area (Å²) in [5, 5.41) is 2.68. The number of hydrogen-bond donors (Lipinski definition) is 2. The maximum absolute atomic E-state index is 13.4. The van der Waals surface area contributed by atoms with Gasteiger partial charge < -0.3 is 11.1 Å². The Kier molecular flexibility index (Phi) is 2.86. The van der Waals surface area contributed by atoms with E-state index >= 15 is 0 Å². The van der Waals surface area contributed by atoms with Crippen molar-refractivity contribution in [2.24, 2.45) is 0 Å². The van der Waals surface area contributed by atoms with E-state index in [-0.39, 0.29) is 11.6 Å². The molecular formula is C11H10F2N4. The molecule has 3 N–H and O–H groups in total. The Morgan fingerprint density at radius 2 is 2.06 bits per heavy atom. The second-order valence-corrected chi connectivity index (χ2v) is 3.51. The SMILES string of the molecule is Cc1cnc(N)nc1Nc1cc(F)ccc1F. The van der Waals surface area contributed by atoms with Crippen molar-refractivity contribution in [2.45, 2.75) is 6.92 Å². The van der Waals surface area contributed by atoms with Crippen molar-refractivity contribution < 1.29 is 8.78 Å². The van der Waals surface area contributed by atoms with Crippen LogP contribution >= 0.6 is 0 Å². The number of hydrogen-bond acceptors (Lipinski definition) is 4. The van der Waals surface area contributed by atoms with E-state index in [0.29, 0.717) is 11.4 Å². The second-order valence-electron chi connectivity index (χ2n) is 3.51. The lowest BCUT2D eigenvalue weighted by Gasteiger charge is -2.09. The van der Waals surface area contributed by atoms with Crippen molar-refractivity contribution in [2.75, 3.05) is 11.1 Å². The fourth-order valence-corrected chi connectivity index (χ4v) is 1.30. The number of benzene rings is 1. The highest BCUT2D eigenvalue weighted by atomic mass is 19.1. The number of nitrogen functional groups attached to an aromatic ring is 1. The lowest BCUT2D eigenvalue weighted by Crippen LogP contribution is -2.03. The van der Waals surface area contributed by atoms with E-state index < -0.39 is 11.6 Å². The minimum Gasteiger partial charge on any atom is -0.368 e. The van der Waals surface area contributed by atoms with Gasteiger partial charge >= 0.3 is 0 Å². The molecule has 17 heavy (non-hydrogen) atoms. The zero-order valence-electron chi connectivity index (χ0n) is 9.04. The van der Waals surface area contributed by atoms with E-state index in [1.807, 2.05) is 0 Å². The summed E-state index contributed by atoms with van der Waals surface area (Å²) < 4.78 is 26.3. The Morgan fingerprint density at radius 1 is 1.29 bits per heavy atom. The topological polar surface area (TPSA) is 63.8 Å². The summed E-state index contributed by atoms with van der Waals surface area (Å²) in [7, 11) is 0. The normalized spacial score (nSPS) is 10.3. The summed E-state index contributed by atoms with van der Waals surface area (Å²) in [5.74, 6) is -0.687. The first-order valence-corrected chi connectivity index (χ1v) is 4.87. The molecule has 4 nitrogen and oxygen atoms in total. The Balaban J connectivity index is 2.37. The van der Waals surface area contributed by atoms with Gasteiger partial charge in [0, 0.05) is 17.8 Å².